The lowest BCUT2D eigenvalue weighted by Crippen LogP contribution is -2.19. The molecule has 2 rings (SSSR count). The minimum Gasteiger partial charge on any atom is -0.313 e. The number of nitrogens with one attached hydrogen (secondary N) is 3. The first-order valence-electron chi connectivity index (χ1n) is 6.51. The van der Waals surface area contributed by atoms with Gasteiger partial charge in [-0.15, -0.1) is 10.2 Å². The van der Waals surface area contributed by atoms with Crippen molar-refractivity contribution in [1.82, 2.24) is 25.7 Å². The first-order valence-corrected chi connectivity index (χ1v) is 8.81. The van der Waals surface area contributed by atoms with Crippen molar-refractivity contribution in [2.45, 2.75) is 38.8 Å². The topological polar surface area (TPSA) is 113 Å². The summed E-state index contributed by atoms with van der Waals surface area (Å²) in [5.74, 6) is 0. The Kier molecular flexibility index (Phi) is 4.91. The Morgan fingerprint density at radius 3 is 2.67 bits per heavy atom. The van der Waals surface area contributed by atoms with Gasteiger partial charge in [-0.25, -0.2) is 0 Å². The maximum Gasteiger partial charge on any atom is 0.283 e. The first kappa shape index (κ1) is 15.9. The predicted octanol–water partition coefficient (Wildman–Crippen LogP) is 1.18. The van der Waals surface area contributed by atoms with Crippen LogP contribution in [-0.4, -0.2) is 35.4 Å². The smallest absolute Gasteiger partial charge is 0.283 e. The summed E-state index contributed by atoms with van der Waals surface area (Å²) >= 11 is 1.18. The third kappa shape index (κ3) is 3.77. The van der Waals surface area contributed by atoms with Gasteiger partial charge in [0.2, 0.25) is 10.2 Å². The Balaban J connectivity index is 2.23. The van der Waals surface area contributed by atoms with Gasteiger partial charge in [0.15, 0.2) is 0 Å². The fourth-order valence-corrected chi connectivity index (χ4v) is 3.77. The number of aromatic nitrogens is 4. The van der Waals surface area contributed by atoms with E-state index in [1.807, 2.05) is 6.92 Å². The summed E-state index contributed by atoms with van der Waals surface area (Å²) in [5.41, 5.74) is 1.37. The molecule has 2 aromatic rings. The van der Waals surface area contributed by atoms with E-state index in [0.29, 0.717) is 17.1 Å². The van der Waals surface area contributed by atoms with E-state index in [4.69, 9.17) is 0 Å². The van der Waals surface area contributed by atoms with Crippen LogP contribution in [0.1, 0.15) is 29.6 Å². The molecule has 0 saturated carbocycles. The van der Waals surface area contributed by atoms with Crippen LogP contribution in [0.3, 0.4) is 0 Å². The SMILES string of the molecule is CCCNCc1c(S(=O)(=O)Nc2nnc(C)s2)n[nH]c1C. The summed E-state index contributed by atoms with van der Waals surface area (Å²) in [5, 5.41) is 18.3. The Bertz CT molecular complexity index is 706. The molecule has 2 heterocycles. The van der Waals surface area contributed by atoms with Crippen LogP contribution in [0.4, 0.5) is 5.13 Å². The fourth-order valence-electron chi connectivity index (χ4n) is 1.75. The van der Waals surface area contributed by atoms with Crippen LogP contribution in [0.25, 0.3) is 0 Å². The zero-order chi connectivity index (χ0) is 15.5. The van der Waals surface area contributed by atoms with Crippen molar-refractivity contribution < 1.29 is 8.42 Å². The largest absolute Gasteiger partial charge is 0.313 e. The Morgan fingerprint density at radius 2 is 2.05 bits per heavy atom. The van der Waals surface area contributed by atoms with E-state index >= 15 is 0 Å². The molecular formula is C11H18N6O2S2. The number of hydrogen-bond donors (Lipinski definition) is 3. The van der Waals surface area contributed by atoms with Crippen LogP contribution in [0, 0.1) is 13.8 Å². The molecule has 0 saturated heterocycles. The van der Waals surface area contributed by atoms with Gasteiger partial charge in [0.25, 0.3) is 10.0 Å². The molecule has 0 unspecified atom stereocenters. The number of nitrogens with zero attached hydrogens (tertiary/aromatic N) is 3. The standard InChI is InChI=1S/C11H18N6O2S2/c1-4-5-12-6-9-7(2)13-15-10(9)21(18,19)17-11-16-14-8(3)20-11/h12H,4-6H2,1-3H3,(H,13,15)(H,16,17). The number of hydrogen-bond acceptors (Lipinski definition) is 7. The van der Waals surface area contributed by atoms with Crippen molar-refractivity contribution in [3.63, 3.8) is 0 Å². The molecule has 0 fully saturated rings. The molecule has 2 aromatic heterocycles. The van der Waals surface area contributed by atoms with Crippen LogP contribution in [-0.2, 0) is 16.6 Å². The average Bonchev–Trinajstić information content (AvgIpc) is 2.97. The molecule has 0 atom stereocenters. The number of aryl methyl sites for hydroxylation is 2. The fraction of sp³-hybridized carbons (Fsp3) is 0.545. The lowest BCUT2D eigenvalue weighted by Gasteiger charge is -2.06. The highest BCUT2D eigenvalue weighted by molar-refractivity contribution is 7.92. The minimum atomic E-state index is -3.77. The van der Waals surface area contributed by atoms with Gasteiger partial charge in [-0.2, -0.15) is 13.5 Å². The second-order valence-corrected chi connectivity index (χ2v) is 7.32. The molecule has 0 spiro atoms. The molecule has 10 heteroatoms. The molecule has 0 aliphatic heterocycles. The summed E-state index contributed by atoms with van der Waals surface area (Å²) in [6.07, 6.45) is 0.974. The maximum atomic E-state index is 12.4. The molecule has 0 aliphatic carbocycles. The highest BCUT2D eigenvalue weighted by atomic mass is 32.2. The molecule has 21 heavy (non-hydrogen) atoms. The van der Waals surface area contributed by atoms with Gasteiger partial charge in [0, 0.05) is 17.8 Å². The number of sulfonamides is 1. The minimum absolute atomic E-state index is 0.00328. The second kappa shape index (κ2) is 6.50. The first-order chi connectivity index (χ1) is 9.94. The van der Waals surface area contributed by atoms with Crippen molar-refractivity contribution in [1.29, 1.82) is 0 Å². The lowest BCUT2D eigenvalue weighted by molar-refractivity contribution is 0.593. The highest BCUT2D eigenvalue weighted by Crippen LogP contribution is 2.21. The zero-order valence-corrected chi connectivity index (χ0v) is 13.7. The van der Waals surface area contributed by atoms with Gasteiger partial charge in [0.1, 0.15) is 5.01 Å². The van der Waals surface area contributed by atoms with Crippen molar-refractivity contribution in [3.8, 4) is 0 Å². The van der Waals surface area contributed by atoms with Gasteiger partial charge >= 0.3 is 0 Å². The summed E-state index contributed by atoms with van der Waals surface area (Å²) < 4.78 is 27.2. The van der Waals surface area contributed by atoms with Crippen molar-refractivity contribution in [2.24, 2.45) is 0 Å². The average molecular weight is 330 g/mol. The normalized spacial score (nSPS) is 11.8. The Hall–Kier alpha value is -1.52. The molecule has 0 radical (unpaired) electrons. The van der Waals surface area contributed by atoms with Gasteiger partial charge < -0.3 is 5.32 Å². The van der Waals surface area contributed by atoms with E-state index in [2.05, 4.69) is 30.4 Å². The molecule has 116 valence electrons. The number of anilines is 1. The number of aromatic amines is 1. The lowest BCUT2D eigenvalue weighted by atomic mass is 10.2. The summed E-state index contributed by atoms with van der Waals surface area (Å²) in [6.45, 7) is 6.86. The monoisotopic (exact) mass is 330 g/mol. The summed E-state index contributed by atoms with van der Waals surface area (Å²) in [4.78, 5) is 0. The zero-order valence-electron chi connectivity index (χ0n) is 12.1. The molecular weight excluding hydrogens is 312 g/mol. The molecule has 0 bridgehead atoms. The summed E-state index contributed by atoms with van der Waals surface area (Å²) in [6, 6.07) is 0. The van der Waals surface area contributed by atoms with E-state index in [1.165, 1.54) is 11.3 Å². The third-order valence-corrected chi connectivity index (χ3v) is 4.96. The Morgan fingerprint density at radius 1 is 1.29 bits per heavy atom. The molecule has 0 aliphatic rings. The van der Waals surface area contributed by atoms with Gasteiger partial charge in [-0.1, -0.05) is 18.3 Å². The van der Waals surface area contributed by atoms with Crippen LogP contribution in [0.2, 0.25) is 0 Å². The second-order valence-electron chi connectivity index (χ2n) is 4.54. The van der Waals surface area contributed by atoms with Gasteiger partial charge in [-0.3, -0.25) is 9.82 Å². The highest BCUT2D eigenvalue weighted by Gasteiger charge is 2.24. The van der Waals surface area contributed by atoms with E-state index in [1.54, 1.807) is 13.8 Å². The number of H-pyrrole nitrogens is 1. The Labute approximate surface area is 127 Å². The summed E-state index contributed by atoms with van der Waals surface area (Å²) in [7, 11) is -3.77. The number of rotatable bonds is 7. The molecule has 8 nitrogen and oxygen atoms in total. The maximum absolute atomic E-state index is 12.4. The van der Waals surface area contributed by atoms with Gasteiger partial charge in [0.05, 0.1) is 0 Å². The van der Waals surface area contributed by atoms with Crippen LogP contribution < -0.4 is 10.0 Å². The van der Waals surface area contributed by atoms with Crippen LogP contribution in [0.5, 0.6) is 0 Å². The third-order valence-electron chi connectivity index (χ3n) is 2.77. The van der Waals surface area contributed by atoms with E-state index in [-0.39, 0.29) is 10.2 Å². The van der Waals surface area contributed by atoms with E-state index in [9.17, 15) is 8.42 Å². The van der Waals surface area contributed by atoms with Crippen molar-refractivity contribution in [2.75, 3.05) is 11.3 Å². The van der Waals surface area contributed by atoms with Crippen LogP contribution >= 0.6 is 11.3 Å². The molecule has 3 N–H and O–H groups in total. The van der Waals surface area contributed by atoms with Crippen molar-refractivity contribution in [3.05, 3.63) is 16.3 Å². The predicted molar refractivity (Wildman–Crippen MR) is 80.8 cm³/mol. The van der Waals surface area contributed by atoms with E-state index < -0.39 is 10.0 Å². The van der Waals surface area contributed by atoms with E-state index in [0.717, 1.165) is 18.7 Å². The van der Waals surface area contributed by atoms with Gasteiger partial charge in [-0.05, 0) is 26.8 Å². The quantitative estimate of drug-likeness (QED) is 0.657. The molecule has 0 aromatic carbocycles. The van der Waals surface area contributed by atoms with Crippen molar-refractivity contribution >= 4 is 26.5 Å². The molecule has 0 amide bonds. The van der Waals surface area contributed by atoms with Crippen LogP contribution in [0.15, 0.2) is 5.03 Å².